The van der Waals surface area contributed by atoms with E-state index in [9.17, 15) is 0 Å². The first-order valence-corrected chi connectivity index (χ1v) is 7.09. The summed E-state index contributed by atoms with van der Waals surface area (Å²) in [6.45, 7) is 8.28. The lowest BCUT2D eigenvalue weighted by Crippen LogP contribution is -2.45. The van der Waals surface area contributed by atoms with Crippen molar-refractivity contribution in [3.05, 3.63) is 0 Å². The molecule has 1 saturated heterocycles. The van der Waals surface area contributed by atoms with Crippen molar-refractivity contribution < 1.29 is 0 Å². The van der Waals surface area contributed by atoms with Crippen LogP contribution in [0.4, 0.5) is 0 Å². The zero-order valence-electron chi connectivity index (χ0n) is 11.0. The van der Waals surface area contributed by atoms with Gasteiger partial charge in [-0.3, -0.25) is 0 Å². The maximum absolute atomic E-state index is 5.92. The third kappa shape index (κ3) is 2.60. The first-order chi connectivity index (χ1) is 7.65. The molecule has 0 aromatic heterocycles. The van der Waals surface area contributed by atoms with Gasteiger partial charge in [-0.15, -0.1) is 0 Å². The molecule has 1 heterocycles. The monoisotopic (exact) mass is 224 g/mol. The molecule has 0 amide bonds. The van der Waals surface area contributed by atoms with Crippen LogP contribution >= 0.6 is 0 Å². The Labute approximate surface area is 101 Å². The lowest BCUT2D eigenvalue weighted by atomic mass is 9.66. The van der Waals surface area contributed by atoms with Crippen LogP contribution in [-0.2, 0) is 0 Å². The molecule has 0 bridgehead atoms. The third-order valence-electron chi connectivity index (χ3n) is 5.05. The number of rotatable bonds is 4. The van der Waals surface area contributed by atoms with E-state index in [0.717, 1.165) is 18.5 Å². The van der Waals surface area contributed by atoms with Crippen LogP contribution in [0.15, 0.2) is 0 Å². The van der Waals surface area contributed by atoms with Crippen molar-refractivity contribution in [3.8, 4) is 0 Å². The largest absolute Gasteiger partial charge is 0.330 e. The maximum Gasteiger partial charge on any atom is 0.00694 e. The Morgan fingerprint density at radius 2 is 2.06 bits per heavy atom. The van der Waals surface area contributed by atoms with Gasteiger partial charge in [0.05, 0.1) is 0 Å². The summed E-state index contributed by atoms with van der Waals surface area (Å²) in [6.07, 6.45) is 8.27. The smallest absolute Gasteiger partial charge is 0.00694 e. The molecule has 16 heavy (non-hydrogen) atoms. The van der Waals surface area contributed by atoms with Crippen molar-refractivity contribution in [1.82, 2.24) is 4.90 Å². The molecule has 0 spiro atoms. The van der Waals surface area contributed by atoms with E-state index >= 15 is 0 Å². The fourth-order valence-electron chi connectivity index (χ4n) is 3.40. The minimum atomic E-state index is 0.531. The van der Waals surface area contributed by atoms with E-state index in [-0.39, 0.29) is 0 Å². The van der Waals surface area contributed by atoms with Gasteiger partial charge in [-0.05, 0) is 70.0 Å². The Bertz CT molecular complexity index is 217. The lowest BCUT2D eigenvalue weighted by Gasteiger charge is -2.44. The summed E-state index contributed by atoms with van der Waals surface area (Å²) in [7, 11) is 0. The van der Waals surface area contributed by atoms with Crippen molar-refractivity contribution in [2.45, 2.75) is 58.4 Å². The topological polar surface area (TPSA) is 29.3 Å². The molecule has 2 rings (SSSR count). The Hall–Kier alpha value is -0.0800. The third-order valence-corrected chi connectivity index (χ3v) is 5.05. The average Bonchev–Trinajstić information content (AvgIpc) is 2.19. The van der Waals surface area contributed by atoms with Crippen molar-refractivity contribution in [1.29, 1.82) is 0 Å². The van der Waals surface area contributed by atoms with Gasteiger partial charge in [0.1, 0.15) is 0 Å². The molecule has 94 valence electrons. The van der Waals surface area contributed by atoms with Crippen molar-refractivity contribution in [2.75, 3.05) is 19.6 Å². The number of likely N-dealkylation sites (tertiary alicyclic amines) is 1. The van der Waals surface area contributed by atoms with Crippen molar-refractivity contribution >= 4 is 0 Å². The highest BCUT2D eigenvalue weighted by Gasteiger charge is 2.36. The van der Waals surface area contributed by atoms with Crippen molar-refractivity contribution in [3.63, 3.8) is 0 Å². The summed E-state index contributed by atoms with van der Waals surface area (Å²) in [5.41, 5.74) is 6.45. The lowest BCUT2D eigenvalue weighted by molar-refractivity contribution is 0.0715. The van der Waals surface area contributed by atoms with E-state index in [0.29, 0.717) is 5.41 Å². The Balaban J connectivity index is 1.77. The van der Waals surface area contributed by atoms with Crippen LogP contribution in [0.25, 0.3) is 0 Å². The standard InChI is InChI=1S/C14H28N2/c1-12-4-8-16(13(2)10-12)9-7-14(11-15)5-3-6-14/h12-13H,3-11,15H2,1-2H3. The number of nitrogens with zero attached hydrogens (tertiary/aromatic N) is 1. The van der Waals surface area contributed by atoms with E-state index in [2.05, 4.69) is 18.7 Å². The van der Waals surface area contributed by atoms with Gasteiger partial charge in [-0.1, -0.05) is 13.3 Å². The second-order valence-electron chi connectivity index (χ2n) is 6.32. The highest BCUT2D eigenvalue weighted by atomic mass is 15.2. The minimum absolute atomic E-state index is 0.531. The predicted octanol–water partition coefficient (Wildman–Crippen LogP) is 2.63. The van der Waals surface area contributed by atoms with Crippen LogP contribution < -0.4 is 5.73 Å². The van der Waals surface area contributed by atoms with Gasteiger partial charge >= 0.3 is 0 Å². The quantitative estimate of drug-likeness (QED) is 0.795. The first-order valence-electron chi connectivity index (χ1n) is 7.09. The molecule has 2 unspecified atom stereocenters. The molecule has 0 aromatic rings. The first kappa shape index (κ1) is 12.4. The second-order valence-corrected chi connectivity index (χ2v) is 6.32. The fraction of sp³-hybridized carbons (Fsp3) is 1.00. The predicted molar refractivity (Wildman–Crippen MR) is 69.4 cm³/mol. The highest BCUT2D eigenvalue weighted by Crippen LogP contribution is 2.43. The van der Waals surface area contributed by atoms with Gasteiger partial charge < -0.3 is 10.6 Å². The molecule has 2 aliphatic rings. The Morgan fingerprint density at radius 1 is 1.31 bits per heavy atom. The van der Waals surface area contributed by atoms with E-state index in [4.69, 9.17) is 5.73 Å². The molecule has 0 aromatic carbocycles. The summed E-state index contributed by atoms with van der Waals surface area (Å²) in [5.74, 6) is 0.929. The van der Waals surface area contributed by atoms with Gasteiger partial charge in [0.25, 0.3) is 0 Å². The van der Waals surface area contributed by atoms with E-state index in [1.807, 2.05) is 0 Å². The molecule has 2 nitrogen and oxygen atoms in total. The Kier molecular flexibility index (Phi) is 3.91. The molecule has 1 aliphatic heterocycles. The number of hydrogen-bond acceptors (Lipinski definition) is 2. The number of piperidine rings is 1. The number of hydrogen-bond donors (Lipinski definition) is 1. The summed E-state index contributed by atoms with van der Waals surface area (Å²) in [4.78, 5) is 2.69. The molecule has 2 fully saturated rings. The molecule has 0 radical (unpaired) electrons. The molecule has 2 heteroatoms. The molecule has 2 N–H and O–H groups in total. The summed E-state index contributed by atoms with van der Waals surface area (Å²) < 4.78 is 0. The maximum atomic E-state index is 5.92. The van der Waals surface area contributed by atoms with Crippen LogP contribution in [0.1, 0.15) is 52.4 Å². The van der Waals surface area contributed by atoms with Gasteiger partial charge in [-0.2, -0.15) is 0 Å². The minimum Gasteiger partial charge on any atom is -0.330 e. The summed E-state index contributed by atoms with van der Waals surface area (Å²) in [6, 6.07) is 0.790. The van der Waals surface area contributed by atoms with Crippen LogP contribution in [0.3, 0.4) is 0 Å². The van der Waals surface area contributed by atoms with Gasteiger partial charge in [0.2, 0.25) is 0 Å². The van der Waals surface area contributed by atoms with Gasteiger partial charge in [0, 0.05) is 6.04 Å². The summed E-state index contributed by atoms with van der Waals surface area (Å²) in [5, 5.41) is 0. The van der Waals surface area contributed by atoms with Crippen molar-refractivity contribution in [2.24, 2.45) is 17.1 Å². The van der Waals surface area contributed by atoms with Crippen LogP contribution in [0, 0.1) is 11.3 Å². The van der Waals surface area contributed by atoms with Gasteiger partial charge in [-0.25, -0.2) is 0 Å². The van der Waals surface area contributed by atoms with Crippen LogP contribution in [0.5, 0.6) is 0 Å². The van der Waals surface area contributed by atoms with Gasteiger partial charge in [0.15, 0.2) is 0 Å². The summed E-state index contributed by atoms with van der Waals surface area (Å²) >= 11 is 0. The fourth-order valence-corrected chi connectivity index (χ4v) is 3.40. The van der Waals surface area contributed by atoms with E-state index < -0.39 is 0 Å². The zero-order valence-corrected chi connectivity index (χ0v) is 11.0. The normalized spacial score (nSPS) is 34.7. The molecule has 1 aliphatic carbocycles. The molecular weight excluding hydrogens is 196 g/mol. The average molecular weight is 224 g/mol. The van der Waals surface area contributed by atoms with Crippen LogP contribution in [-0.4, -0.2) is 30.6 Å². The second kappa shape index (κ2) is 5.05. The van der Waals surface area contributed by atoms with Crippen LogP contribution in [0.2, 0.25) is 0 Å². The van der Waals surface area contributed by atoms with E-state index in [1.165, 1.54) is 51.6 Å². The molecule has 1 saturated carbocycles. The SMILES string of the molecule is CC1CCN(CCC2(CN)CCC2)C(C)C1. The highest BCUT2D eigenvalue weighted by molar-refractivity contribution is 4.90. The zero-order chi connectivity index (χ0) is 11.6. The number of nitrogens with two attached hydrogens (primary N) is 1. The molecule has 2 atom stereocenters. The van der Waals surface area contributed by atoms with E-state index in [1.54, 1.807) is 0 Å². The molecular formula is C14H28N2. The Morgan fingerprint density at radius 3 is 2.56 bits per heavy atom.